The lowest BCUT2D eigenvalue weighted by atomic mass is 10.3. The van der Waals surface area contributed by atoms with Gasteiger partial charge in [0.2, 0.25) is 0 Å². The Bertz CT molecular complexity index is 523. The van der Waals surface area contributed by atoms with Gasteiger partial charge in [0.15, 0.2) is 18.2 Å². The van der Waals surface area contributed by atoms with Crippen LogP contribution in [0.5, 0.6) is 5.75 Å². The molecule has 2 amide bonds. The molecule has 0 saturated carbocycles. The predicted octanol–water partition coefficient (Wildman–Crippen LogP) is 1.35. The van der Waals surface area contributed by atoms with Gasteiger partial charge in [-0.2, -0.15) is 11.8 Å². The maximum atomic E-state index is 11.4. The second-order valence-electron chi connectivity index (χ2n) is 4.03. The molecule has 1 aromatic heterocycles. The highest BCUT2D eigenvalue weighted by molar-refractivity contribution is 7.97. The minimum atomic E-state index is -0.430. The Labute approximate surface area is 120 Å². The van der Waals surface area contributed by atoms with Crippen molar-refractivity contribution in [1.82, 2.24) is 4.98 Å². The molecule has 0 aromatic carbocycles. The zero-order chi connectivity index (χ0) is 14.5. The molecule has 2 aliphatic rings. The topological polar surface area (TPSA) is 80.8 Å². The van der Waals surface area contributed by atoms with Gasteiger partial charge in [0.05, 0.1) is 6.54 Å². The van der Waals surface area contributed by atoms with E-state index in [1.54, 1.807) is 23.9 Å². The maximum Gasteiger partial charge on any atom is 0.415 e. The monoisotopic (exact) mass is 297 g/mol. The van der Waals surface area contributed by atoms with Crippen molar-refractivity contribution in [3.05, 3.63) is 12.1 Å². The third-order valence-corrected chi connectivity index (χ3v) is 2.50. The van der Waals surface area contributed by atoms with Crippen molar-refractivity contribution < 1.29 is 19.1 Å². The molecular formula is C12H15N3O4S. The van der Waals surface area contributed by atoms with Crippen molar-refractivity contribution >= 4 is 35.4 Å². The van der Waals surface area contributed by atoms with Crippen LogP contribution in [0.1, 0.15) is 0 Å². The Kier molecular flexibility index (Phi) is 4.67. The number of ether oxygens (including phenoxy) is 2. The summed E-state index contributed by atoms with van der Waals surface area (Å²) in [5.74, 6) is 1.02. The molecular weight excluding hydrogens is 282 g/mol. The summed E-state index contributed by atoms with van der Waals surface area (Å²) in [5.41, 5.74) is 0. The summed E-state index contributed by atoms with van der Waals surface area (Å²) in [6.45, 7) is 0.791. The number of pyridine rings is 1. The number of fused-ring (bicyclic) bond motifs is 1. The number of hydrogen-bond acceptors (Lipinski definition) is 6. The van der Waals surface area contributed by atoms with Gasteiger partial charge in [-0.1, -0.05) is 0 Å². The fraction of sp³-hybridized carbons (Fsp3) is 0.417. The first-order chi connectivity index (χ1) is 9.65. The SMILES string of the molecule is CSC.O=C1COc2ccc(N3CCOC3=O)nc2N1. The fourth-order valence-corrected chi connectivity index (χ4v) is 1.71. The Morgan fingerprint density at radius 2 is 2.05 bits per heavy atom. The molecule has 1 N–H and O–H groups in total. The third-order valence-electron chi connectivity index (χ3n) is 2.50. The number of thioether (sulfide) groups is 1. The molecule has 0 aliphatic carbocycles. The fourth-order valence-electron chi connectivity index (χ4n) is 1.71. The van der Waals surface area contributed by atoms with Gasteiger partial charge in [-0.25, -0.2) is 9.78 Å². The smallest absolute Gasteiger partial charge is 0.415 e. The summed E-state index contributed by atoms with van der Waals surface area (Å²) in [6.07, 6.45) is 3.65. The van der Waals surface area contributed by atoms with E-state index < -0.39 is 6.09 Å². The van der Waals surface area contributed by atoms with Crippen molar-refractivity contribution in [2.24, 2.45) is 0 Å². The van der Waals surface area contributed by atoms with E-state index in [-0.39, 0.29) is 12.5 Å². The van der Waals surface area contributed by atoms with Crippen LogP contribution in [0, 0.1) is 0 Å². The number of cyclic esters (lactones) is 1. The molecule has 1 saturated heterocycles. The molecule has 8 heteroatoms. The largest absolute Gasteiger partial charge is 0.480 e. The Balaban J connectivity index is 0.000000452. The quantitative estimate of drug-likeness (QED) is 0.842. The number of aromatic nitrogens is 1. The second-order valence-corrected chi connectivity index (χ2v) is 4.84. The molecule has 1 aromatic rings. The molecule has 7 nitrogen and oxygen atoms in total. The van der Waals surface area contributed by atoms with Crippen LogP contribution in [-0.2, 0) is 9.53 Å². The molecule has 2 aliphatic heterocycles. The van der Waals surface area contributed by atoms with Gasteiger partial charge in [-0.3, -0.25) is 9.69 Å². The van der Waals surface area contributed by atoms with E-state index in [1.165, 1.54) is 4.90 Å². The molecule has 20 heavy (non-hydrogen) atoms. The van der Waals surface area contributed by atoms with Gasteiger partial charge in [-0.05, 0) is 24.6 Å². The number of nitrogens with one attached hydrogen (secondary N) is 1. The van der Waals surface area contributed by atoms with Crippen molar-refractivity contribution in [1.29, 1.82) is 0 Å². The van der Waals surface area contributed by atoms with Crippen LogP contribution in [0.4, 0.5) is 16.4 Å². The molecule has 0 atom stereocenters. The van der Waals surface area contributed by atoms with Crippen molar-refractivity contribution in [3.8, 4) is 5.75 Å². The summed E-state index contributed by atoms with van der Waals surface area (Å²) < 4.78 is 9.98. The summed E-state index contributed by atoms with van der Waals surface area (Å²) in [6, 6.07) is 3.32. The van der Waals surface area contributed by atoms with Gasteiger partial charge < -0.3 is 14.8 Å². The summed E-state index contributed by atoms with van der Waals surface area (Å²) >= 11 is 1.75. The van der Waals surface area contributed by atoms with E-state index in [0.29, 0.717) is 30.5 Å². The van der Waals surface area contributed by atoms with Crippen molar-refractivity contribution in [2.45, 2.75) is 0 Å². The standard InChI is InChI=1S/C10H9N3O4.C2H6S/c14-8-5-17-6-1-2-7(11-9(6)12-8)13-3-4-16-10(13)15;1-3-2/h1-2H,3-5H2,(H,11,12,14);1-2H3. The lowest BCUT2D eigenvalue weighted by Gasteiger charge is -2.19. The number of amides is 2. The van der Waals surface area contributed by atoms with E-state index in [0.717, 1.165) is 0 Å². The van der Waals surface area contributed by atoms with Crippen LogP contribution < -0.4 is 15.0 Å². The van der Waals surface area contributed by atoms with Gasteiger partial charge in [0, 0.05) is 0 Å². The second kappa shape index (κ2) is 6.47. The van der Waals surface area contributed by atoms with Gasteiger partial charge in [-0.15, -0.1) is 0 Å². The van der Waals surface area contributed by atoms with E-state index in [1.807, 2.05) is 12.5 Å². The Morgan fingerprint density at radius 3 is 2.70 bits per heavy atom. The molecule has 0 unspecified atom stereocenters. The van der Waals surface area contributed by atoms with Gasteiger partial charge >= 0.3 is 6.09 Å². The average molecular weight is 297 g/mol. The number of hydrogen-bond donors (Lipinski definition) is 1. The Morgan fingerprint density at radius 1 is 1.30 bits per heavy atom. The van der Waals surface area contributed by atoms with Gasteiger partial charge in [0.25, 0.3) is 5.91 Å². The lowest BCUT2D eigenvalue weighted by molar-refractivity contribution is -0.118. The molecule has 108 valence electrons. The number of nitrogens with zero attached hydrogens (tertiary/aromatic N) is 2. The van der Waals surface area contributed by atoms with Crippen molar-refractivity contribution in [2.75, 3.05) is 42.5 Å². The minimum absolute atomic E-state index is 0.0141. The van der Waals surface area contributed by atoms with Crippen LogP contribution in [0.3, 0.4) is 0 Å². The predicted molar refractivity (Wildman–Crippen MR) is 76.5 cm³/mol. The molecule has 3 heterocycles. The number of carbonyl (C=O) groups is 2. The normalized spacial score (nSPS) is 16.4. The zero-order valence-electron chi connectivity index (χ0n) is 11.2. The number of carbonyl (C=O) groups excluding carboxylic acids is 2. The first-order valence-electron chi connectivity index (χ1n) is 5.94. The summed E-state index contributed by atoms with van der Waals surface area (Å²) in [5, 5.41) is 2.58. The van der Waals surface area contributed by atoms with Gasteiger partial charge in [0.1, 0.15) is 12.4 Å². The van der Waals surface area contributed by atoms with Crippen LogP contribution in [0.2, 0.25) is 0 Å². The Hall–Kier alpha value is -1.96. The highest BCUT2D eigenvalue weighted by Crippen LogP contribution is 2.29. The molecule has 0 radical (unpaired) electrons. The third kappa shape index (κ3) is 3.13. The molecule has 1 fully saturated rings. The number of anilines is 2. The number of rotatable bonds is 1. The van der Waals surface area contributed by atoms with Crippen LogP contribution in [-0.4, -0.2) is 49.3 Å². The molecule has 0 bridgehead atoms. The van der Waals surface area contributed by atoms with Crippen LogP contribution in [0.25, 0.3) is 0 Å². The van der Waals surface area contributed by atoms with E-state index >= 15 is 0 Å². The average Bonchev–Trinajstić information content (AvgIpc) is 2.85. The highest BCUT2D eigenvalue weighted by atomic mass is 32.2. The molecule has 0 spiro atoms. The maximum absolute atomic E-state index is 11.4. The van der Waals surface area contributed by atoms with E-state index in [9.17, 15) is 9.59 Å². The summed E-state index contributed by atoms with van der Waals surface area (Å²) in [4.78, 5) is 28.1. The van der Waals surface area contributed by atoms with Crippen LogP contribution >= 0.6 is 11.8 Å². The first kappa shape index (κ1) is 14.4. The zero-order valence-corrected chi connectivity index (χ0v) is 12.0. The highest BCUT2D eigenvalue weighted by Gasteiger charge is 2.26. The molecule has 3 rings (SSSR count). The van der Waals surface area contributed by atoms with Crippen molar-refractivity contribution in [3.63, 3.8) is 0 Å². The minimum Gasteiger partial charge on any atom is -0.480 e. The summed E-state index contributed by atoms with van der Waals surface area (Å²) in [7, 11) is 0. The van der Waals surface area contributed by atoms with E-state index in [4.69, 9.17) is 9.47 Å². The van der Waals surface area contributed by atoms with E-state index in [2.05, 4.69) is 10.3 Å². The first-order valence-corrected chi connectivity index (χ1v) is 7.57. The van der Waals surface area contributed by atoms with Crippen LogP contribution in [0.15, 0.2) is 12.1 Å². The lowest BCUT2D eigenvalue weighted by Crippen LogP contribution is -2.28.